The van der Waals surface area contributed by atoms with Gasteiger partial charge in [0, 0.05) is 6.04 Å². The summed E-state index contributed by atoms with van der Waals surface area (Å²) in [4.78, 5) is 0. The molecule has 0 aliphatic heterocycles. The van der Waals surface area contributed by atoms with Crippen molar-refractivity contribution in [3.63, 3.8) is 0 Å². The van der Waals surface area contributed by atoms with E-state index in [1.165, 1.54) is 12.8 Å². The molecule has 2 aliphatic rings. The molecule has 0 saturated heterocycles. The van der Waals surface area contributed by atoms with Gasteiger partial charge in [0.25, 0.3) is 0 Å². The number of nitrogens with zero attached hydrogens (tertiary/aromatic N) is 1. The molecular weight excluding hydrogens is 264 g/mol. The Labute approximate surface area is 126 Å². The lowest BCUT2D eigenvalue weighted by atomic mass is 9.96. The van der Waals surface area contributed by atoms with E-state index in [0.29, 0.717) is 31.8 Å². The van der Waals surface area contributed by atoms with Crippen molar-refractivity contribution in [2.75, 3.05) is 19.8 Å². The zero-order valence-electron chi connectivity index (χ0n) is 12.3. The minimum Gasteiger partial charge on any atom is -0.491 e. The average Bonchev–Trinajstić information content (AvgIpc) is 3.39. The van der Waals surface area contributed by atoms with Crippen LogP contribution in [0.2, 0.25) is 0 Å². The second kappa shape index (κ2) is 6.46. The number of nitriles is 1. The van der Waals surface area contributed by atoms with Crippen LogP contribution in [0.25, 0.3) is 0 Å². The number of benzene rings is 1. The van der Waals surface area contributed by atoms with E-state index in [1.54, 1.807) is 0 Å². The summed E-state index contributed by atoms with van der Waals surface area (Å²) >= 11 is 0. The van der Waals surface area contributed by atoms with Gasteiger partial charge in [-0.3, -0.25) is 5.32 Å². The van der Waals surface area contributed by atoms with Gasteiger partial charge < -0.3 is 9.47 Å². The number of hydrogen-bond acceptors (Lipinski definition) is 4. The van der Waals surface area contributed by atoms with Gasteiger partial charge in [-0.15, -0.1) is 0 Å². The van der Waals surface area contributed by atoms with Crippen LogP contribution in [0.3, 0.4) is 0 Å². The molecule has 4 heteroatoms. The molecule has 0 amide bonds. The van der Waals surface area contributed by atoms with Gasteiger partial charge in [-0.05, 0) is 43.7 Å². The Kier molecular flexibility index (Phi) is 4.42. The molecule has 1 unspecified atom stereocenters. The predicted octanol–water partition coefficient (Wildman–Crippen LogP) is 2.51. The maximum Gasteiger partial charge on any atom is 0.133 e. The minimum atomic E-state index is -0.478. The second-order valence-corrected chi connectivity index (χ2v) is 5.99. The van der Waals surface area contributed by atoms with Crippen molar-refractivity contribution in [3.05, 3.63) is 30.3 Å². The first-order valence-electron chi connectivity index (χ1n) is 7.77. The molecule has 1 aromatic rings. The van der Waals surface area contributed by atoms with Crippen LogP contribution in [0.4, 0.5) is 0 Å². The summed E-state index contributed by atoms with van der Waals surface area (Å²) in [6, 6.07) is 12.7. The van der Waals surface area contributed by atoms with Gasteiger partial charge in [0.1, 0.15) is 17.9 Å². The van der Waals surface area contributed by atoms with E-state index in [0.717, 1.165) is 18.6 Å². The number of nitrogens with one attached hydrogen (secondary N) is 1. The summed E-state index contributed by atoms with van der Waals surface area (Å²) in [6.07, 6.45) is 4.65. The van der Waals surface area contributed by atoms with Crippen LogP contribution in [0.5, 0.6) is 5.75 Å². The zero-order valence-corrected chi connectivity index (χ0v) is 12.3. The first-order valence-corrected chi connectivity index (χ1v) is 7.77. The Morgan fingerprint density at radius 3 is 2.52 bits per heavy atom. The lowest BCUT2D eigenvalue weighted by Crippen LogP contribution is -2.51. The smallest absolute Gasteiger partial charge is 0.133 e. The molecule has 2 aliphatic carbocycles. The van der Waals surface area contributed by atoms with E-state index < -0.39 is 5.54 Å². The van der Waals surface area contributed by atoms with Gasteiger partial charge in [0.2, 0.25) is 0 Å². The standard InChI is InChI=1S/C17H22N2O2/c18-12-17(14-6-7-14,19-15-8-9-15)13-20-10-11-21-16-4-2-1-3-5-16/h1-5,14-15,19H,6-11,13H2. The molecule has 1 N–H and O–H groups in total. The molecule has 0 radical (unpaired) electrons. The molecule has 3 rings (SSSR count). The van der Waals surface area contributed by atoms with Gasteiger partial charge >= 0.3 is 0 Å². The van der Waals surface area contributed by atoms with Crippen molar-refractivity contribution in [1.82, 2.24) is 5.32 Å². The van der Waals surface area contributed by atoms with E-state index >= 15 is 0 Å². The molecule has 1 aromatic carbocycles. The van der Waals surface area contributed by atoms with Gasteiger partial charge in [-0.1, -0.05) is 18.2 Å². The fourth-order valence-corrected chi connectivity index (χ4v) is 2.57. The predicted molar refractivity (Wildman–Crippen MR) is 80.0 cm³/mol. The molecule has 4 nitrogen and oxygen atoms in total. The summed E-state index contributed by atoms with van der Waals surface area (Å²) in [5, 5.41) is 13.1. The van der Waals surface area contributed by atoms with Crippen LogP contribution in [-0.4, -0.2) is 31.4 Å². The fraction of sp³-hybridized carbons (Fsp3) is 0.588. The lowest BCUT2D eigenvalue weighted by molar-refractivity contribution is 0.0592. The van der Waals surface area contributed by atoms with Gasteiger partial charge in [-0.25, -0.2) is 0 Å². The minimum absolute atomic E-state index is 0.457. The van der Waals surface area contributed by atoms with Crippen molar-refractivity contribution >= 4 is 0 Å². The first-order chi connectivity index (χ1) is 10.3. The topological polar surface area (TPSA) is 54.3 Å². The zero-order chi connectivity index (χ0) is 14.5. The van der Waals surface area contributed by atoms with E-state index in [4.69, 9.17) is 9.47 Å². The highest BCUT2D eigenvalue weighted by Crippen LogP contribution is 2.41. The van der Waals surface area contributed by atoms with Crippen LogP contribution in [0, 0.1) is 17.2 Å². The normalized spacial score (nSPS) is 20.5. The summed E-state index contributed by atoms with van der Waals surface area (Å²) in [5.74, 6) is 1.31. The number of para-hydroxylation sites is 1. The van der Waals surface area contributed by atoms with Crippen LogP contribution in [0.15, 0.2) is 30.3 Å². The van der Waals surface area contributed by atoms with Crippen molar-refractivity contribution in [3.8, 4) is 11.8 Å². The highest BCUT2D eigenvalue weighted by atomic mass is 16.5. The molecule has 1 atom stereocenters. The summed E-state index contributed by atoms with van der Waals surface area (Å²) in [5.41, 5.74) is -0.478. The quantitative estimate of drug-likeness (QED) is 0.709. The van der Waals surface area contributed by atoms with Crippen LogP contribution < -0.4 is 10.1 Å². The Balaban J connectivity index is 1.41. The monoisotopic (exact) mass is 286 g/mol. The number of ether oxygens (including phenoxy) is 2. The van der Waals surface area contributed by atoms with Crippen molar-refractivity contribution in [2.45, 2.75) is 37.3 Å². The third-order valence-electron chi connectivity index (χ3n) is 4.08. The highest BCUT2D eigenvalue weighted by molar-refractivity contribution is 5.21. The number of rotatable bonds is 9. The average molecular weight is 286 g/mol. The molecule has 2 saturated carbocycles. The van der Waals surface area contributed by atoms with Gasteiger partial charge in [0.05, 0.1) is 19.3 Å². The summed E-state index contributed by atoms with van der Waals surface area (Å²) in [7, 11) is 0. The largest absolute Gasteiger partial charge is 0.491 e. The Bertz CT molecular complexity index is 491. The summed E-state index contributed by atoms with van der Waals surface area (Å²) in [6.45, 7) is 1.49. The Morgan fingerprint density at radius 1 is 1.14 bits per heavy atom. The third-order valence-corrected chi connectivity index (χ3v) is 4.08. The summed E-state index contributed by atoms with van der Waals surface area (Å²) < 4.78 is 11.3. The van der Waals surface area contributed by atoms with Gasteiger partial charge in [-0.2, -0.15) is 5.26 Å². The fourth-order valence-electron chi connectivity index (χ4n) is 2.57. The van der Waals surface area contributed by atoms with Crippen molar-refractivity contribution in [2.24, 2.45) is 5.92 Å². The maximum absolute atomic E-state index is 9.57. The lowest BCUT2D eigenvalue weighted by Gasteiger charge is -2.28. The molecular formula is C17H22N2O2. The van der Waals surface area contributed by atoms with Crippen molar-refractivity contribution < 1.29 is 9.47 Å². The molecule has 2 fully saturated rings. The van der Waals surface area contributed by atoms with E-state index in [2.05, 4.69) is 11.4 Å². The van der Waals surface area contributed by atoms with Crippen molar-refractivity contribution in [1.29, 1.82) is 5.26 Å². The first kappa shape index (κ1) is 14.4. The molecule has 0 aromatic heterocycles. The molecule has 21 heavy (non-hydrogen) atoms. The van der Waals surface area contributed by atoms with Crippen LogP contribution in [0.1, 0.15) is 25.7 Å². The SMILES string of the molecule is N#CC(COCCOc1ccccc1)(NC1CC1)C1CC1. The van der Waals surface area contributed by atoms with E-state index in [1.807, 2.05) is 30.3 Å². The molecule has 0 heterocycles. The number of hydrogen-bond donors (Lipinski definition) is 1. The van der Waals surface area contributed by atoms with E-state index in [-0.39, 0.29) is 0 Å². The third kappa shape index (κ3) is 3.96. The Hall–Kier alpha value is -1.57. The molecule has 0 bridgehead atoms. The second-order valence-electron chi connectivity index (χ2n) is 5.99. The van der Waals surface area contributed by atoms with Crippen LogP contribution in [-0.2, 0) is 4.74 Å². The maximum atomic E-state index is 9.57. The molecule has 0 spiro atoms. The highest BCUT2D eigenvalue weighted by Gasteiger charge is 2.48. The van der Waals surface area contributed by atoms with Gasteiger partial charge in [0.15, 0.2) is 0 Å². The van der Waals surface area contributed by atoms with E-state index in [9.17, 15) is 5.26 Å². The Morgan fingerprint density at radius 2 is 1.90 bits per heavy atom. The van der Waals surface area contributed by atoms with Crippen LogP contribution >= 0.6 is 0 Å². The molecule has 112 valence electrons.